The molecule has 6 heteroatoms. The SMILES string of the molecule is CCC(C)(NC(=O)N(C)C1CCOC1C)C(=O)O. The third kappa shape index (κ3) is 2.93. The van der Waals surface area contributed by atoms with Gasteiger partial charge in [-0.1, -0.05) is 6.92 Å². The number of rotatable bonds is 4. The maximum absolute atomic E-state index is 12.1. The van der Waals surface area contributed by atoms with E-state index in [1.807, 2.05) is 6.92 Å². The molecular formula is C12H22N2O4. The summed E-state index contributed by atoms with van der Waals surface area (Å²) < 4.78 is 5.40. The highest BCUT2D eigenvalue weighted by molar-refractivity contribution is 5.85. The number of nitrogens with zero attached hydrogens (tertiary/aromatic N) is 1. The summed E-state index contributed by atoms with van der Waals surface area (Å²) in [5.41, 5.74) is -1.23. The second-order valence-electron chi connectivity index (χ2n) is 4.96. The molecule has 1 rings (SSSR count). The predicted molar refractivity (Wildman–Crippen MR) is 66.4 cm³/mol. The van der Waals surface area contributed by atoms with Crippen molar-refractivity contribution in [3.63, 3.8) is 0 Å². The van der Waals surface area contributed by atoms with E-state index in [0.717, 1.165) is 6.42 Å². The highest BCUT2D eigenvalue weighted by atomic mass is 16.5. The standard InChI is InChI=1S/C12H22N2O4/c1-5-12(3,10(15)16)13-11(17)14(4)9-6-7-18-8(9)2/h8-9H,5-7H2,1-4H3,(H,13,17)(H,15,16). The number of ether oxygens (including phenoxy) is 1. The lowest BCUT2D eigenvalue weighted by molar-refractivity contribution is -0.143. The van der Waals surface area contributed by atoms with Crippen molar-refractivity contribution >= 4 is 12.0 Å². The number of hydrogen-bond donors (Lipinski definition) is 2. The van der Waals surface area contributed by atoms with E-state index in [1.54, 1.807) is 14.0 Å². The molecule has 0 bridgehead atoms. The Morgan fingerprint density at radius 1 is 1.56 bits per heavy atom. The Bertz CT molecular complexity index is 334. The van der Waals surface area contributed by atoms with Gasteiger partial charge in [0.1, 0.15) is 5.54 Å². The molecule has 3 unspecified atom stereocenters. The van der Waals surface area contributed by atoms with Crippen LogP contribution in [-0.2, 0) is 9.53 Å². The van der Waals surface area contributed by atoms with Crippen LogP contribution in [0.5, 0.6) is 0 Å². The second kappa shape index (κ2) is 5.56. The monoisotopic (exact) mass is 258 g/mol. The molecule has 1 saturated heterocycles. The average molecular weight is 258 g/mol. The zero-order valence-electron chi connectivity index (χ0n) is 11.4. The summed E-state index contributed by atoms with van der Waals surface area (Å²) in [5, 5.41) is 11.7. The van der Waals surface area contributed by atoms with Gasteiger partial charge in [0.2, 0.25) is 0 Å². The van der Waals surface area contributed by atoms with Crippen LogP contribution in [0.3, 0.4) is 0 Å². The lowest BCUT2D eigenvalue weighted by atomic mass is 9.99. The van der Waals surface area contributed by atoms with Crippen molar-refractivity contribution in [2.24, 2.45) is 0 Å². The molecule has 0 aromatic carbocycles. The molecule has 1 aliphatic rings. The van der Waals surface area contributed by atoms with Crippen LogP contribution < -0.4 is 5.32 Å². The summed E-state index contributed by atoms with van der Waals surface area (Å²) in [5.74, 6) is -1.03. The van der Waals surface area contributed by atoms with Crippen molar-refractivity contribution in [1.29, 1.82) is 0 Å². The molecule has 0 saturated carbocycles. The zero-order valence-corrected chi connectivity index (χ0v) is 11.4. The third-order valence-electron chi connectivity index (χ3n) is 3.72. The fraction of sp³-hybridized carbons (Fsp3) is 0.833. The first-order chi connectivity index (χ1) is 8.31. The average Bonchev–Trinajstić information content (AvgIpc) is 2.73. The fourth-order valence-electron chi connectivity index (χ4n) is 2.00. The van der Waals surface area contributed by atoms with Gasteiger partial charge in [0, 0.05) is 13.7 Å². The number of hydrogen-bond acceptors (Lipinski definition) is 3. The van der Waals surface area contributed by atoms with Crippen molar-refractivity contribution < 1.29 is 19.4 Å². The maximum atomic E-state index is 12.1. The van der Waals surface area contributed by atoms with Crippen molar-refractivity contribution in [2.75, 3.05) is 13.7 Å². The van der Waals surface area contributed by atoms with Gasteiger partial charge >= 0.3 is 12.0 Å². The van der Waals surface area contributed by atoms with Crippen LogP contribution in [0.25, 0.3) is 0 Å². The molecule has 0 aromatic rings. The quantitative estimate of drug-likeness (QED) is 0.790. The molecule has 2 N–H and O–H groups in total. The van der Waals surface area contributed by atoms with Crippen LogP contribution in [0.2, 0.25) is 0 Å². The van der Waals surface area contributed by atoms with Crippen molar-refractivity contribution in [3.05, 3.63) is 0 Å². The lowest BCUT2D eigenvalue weighted by Gasteiger charge is -2.32. The van der Waals surface area contributed by atoms with Crippen LogP contribution in [0.4, 0.5) is 4.79 Å². The molecule has 0 spiro atoms. The highest BCUT2D eigenvalue weighted by Crippen LogP contribution is 2.19. The van der Waals surface area contributed by atoms with Crippen molar-refractivity contribution in [1.82, 2.24) is 10.2 Å². The number of carbonyl (C=O) groups is 2. The molecule has 6 nitrogen and oxygen atoms in total. The van der Waals surface area contributed by atoms with E-state index in [1.165, 1.54) is 11.8 Å². The molecule has 1 fully saturated rings. The van der Waals surface area contributed by atoms with E-state index in [2.05, 4.69) is 5.32 Å². The molecule has 0 radical (unpaired) electrons. The van der Waals surface area contributed by atoms with Gasteiger partial charge in [0.15, 0.2) is 0 Å². The summed E-state index contributed by atoms with van der Waals surface area (Å²) in [4.78, 5) is 24.7. The summed E-state index contributed by atoms with van der Waals surface area (Å²) in [7, 11) is 1.67. The Kier molecular flexibility index (Phi) is 4.56. The number of likely N-dealkylation sites (N-methyl/N-ethyl adjacent to an activating group) is 1. The lowest BCUT2D eigenvalue weighted by Crippen LogP contribution is -2.57. The Morgan fingerprint density at radius 2 is 2.17 bits per heavy atom. The van der Waals surface area contributed by atoms with E-state index in [-0.39, 0.29) is 18.2 Å². The Labute approximate surface area is 107 Å². The Morgan fingerprint density at radius 3 is 2.56 bits per heavy atom. The number of aliphatic carboxylic acids is 1. The van der Waals surface area contributed by atoms with Gasteiger partial charge in [-0.3, -0.25) is 0 Å². The van der Waals surface area contributed by atoms with Gasteiger partial charge < -0.3 is 20.1 Å². The smallest absolute Gasteiger partial charge is 0.329 e. The summed E-state index contributed by atoms with van der Waals surface area (Å²) in [6.45, 7) is 5.79. The molecular weight excluding hydrogens is 236 g/mol. The molecule has 3 atom stereocenters. The largest absolute Gasteiger partial charge is 0.480 e. The molecule has 0 aliphatic carbocycles. The van der Waals surface area contributed by atoms with Gasteiger partial charge in [-0.15, -0.1) is 0 Å². The van der Waals surface area contributed by atoms with Crippen LogP contribution in [-0.4, -0.2) is 53.3 Å². The van der Waals surface area contributed by atoms with Gasteiger partial charge in [-0.25, -0.2) is 9.59 Å². The number of amides is 2. The first-order valence-electron chi connectivity index (χ1n) is 6.21. The Balaban J connectivity index is 2.67. The van der Waals surface area contributed by atoms with E-state index in [9.17, 15) is 9.59 Å². The molecule has 1 heterocycles. The summed E-state index contributed by atoms with van der Waals surface area (Å²) in [6, 6.07) is -0.371. The fourth-order valence-corrected chi connectivity index (χ4v) is 2.00. The summed E-state index contributed by atoms with van der Waals surface area (Å²) in [6.07, 6.45) is 1.10. The topological polar surface area (TPSA) is 78.9 Å². The van der Waals surface area contributed by atoms with E-state index in [4.69, 9.17) is 9.84 Å². The summed E-state index contributed by atoms with van der Waals surface area (Å²) >= 11 is 0. The number of carboxylic acids is 1. The van der Waals surface area contributed by atoms with E-state index < -0.39 is 11.5 Å². The molecule has 18 heavy (non-hydrogen) atoms. The van der Waals surface area contributed by atoms with Gasteiger partial charge in [-0.2, -0.15) is 0 Å². The van der Waals surface area contributed by atoms with E-state index >= 15 is 0 Å². The normalized spacial score (nSPS) is 26.4. The van der Waals surface area contributed by atoms with E-state index in [0.29, 0.717) is 13.0 Å². The predicted octanol–water partition coefficient (Wildman–Crippen LogP) is 1.06. The minimum Gasteiger partial charge on any atom is -0.480 e. The molecule has 0 aromatic heterocycles. The minimum absolute atomic E-state index is 0.0000916. The molecule has 1 aliphatic heterocycles. The van der Waals surface area contributed by atoms with Crippen LogP contribution >= 0.6 is 0 Å². The van der Waals surface area contributed by atoms with Gasteiger partial charge in [0.05, 0.1) is 12.1 Å². The van der Waals surface area contributed by atoms with Crippen molar-refractivity contribution in [2.45, 2.75) is 51.3 Å². The van der Waals surface area contributed by atoms with Gasteiger partial charge in [-0.05, 0) is 26.7 Å². The third-order valence-corrected chi connectivity index (χ3v) is 3.72. The molecule has 104 valence electrons. The first kappa shape index (κ1) is 14.8. The number of carboxylic acid groups (broad SMARTS) is 1. The van der Waals surface area contributed by atoms with Crippen LogP contribution in [0.15, 0.2) is 0 Å². The second-order valence-corrected chi connectivity index (χ2v) is 4.96. The van der Waals surface area contributed by atoms with Crippen LogP contribution in [0, 0.1) is 0 Å². The zero-order chi connectivity index (χ0) is 13.9. The first-order valence-corrected chi connectivity index (χ1v) is 6.21. The molecule has 2 amide bonds. The maximum Gasteiger partial charge on any atom is 0.329 e. The van der Waals surface area contributed by atoms with Crippen molar-refractivity contribution in [3.8, 4) is 0 Å². The number of carbonyl (C=O) groups excluding carboxylic acids is 1. The van der Waals surface area contributed by atoms with Crippen LogP contribution in [0.1, 0.15) is 33.6 Å². The Hall–Kier alpha value is -1.30. The van der Waals surface area contributed by atoms with Gasteiger partial charge in [0.25, 0.3) is 0 Å². The minimum atomic E-state index is -1.23. The number of nitrogens with one attached hydrogen (secondary N) is 1. The highest BCUT2D eigenvalue weighted by Gasteiger charge is 2.37. The number of urea groups is 1.